The summed E-state index contributed by atoms with van der Waals surface area (Å²) in [7, 11) is 0. The van der Waals surface area contributed by atoms with E-state index in [9.17, 15) is 14.0 Å². The fraction of sp³-hybridized carbons (Fsp3) is 0.619. The summed E-state index contributed by atoms with van der Waals surface area (Å²) in [6, 6.07) is 6.50. The first-order valence-corrected chi connectivity index (χ1v) is 10.1. The molecule has 0 aromatic heterocycles. The highest BCUT2D eigenvalue weighted by molar-refractivity contribution is 6.02. The number of likely N-dealkylation sites (tertiary alicyclic amines) is 1. The summed E-state index contributed by atoms with van der Waals surface area (Å²) >= 11 is 0. The molecule has 0 N–H and O–H groups in total. The monoisotopic (exact) mass is 373 g/mol. The molecule has 1 spiro atoms. The molecule has 4 rings (SSSR count). The van der Waals surface area contributed by atoms with Crippen LogP contribution in [0.2, 0.25) is 0 Å². The van der Waals surface area contributed by atoms with Crippen molar-refractivity contribution in [3.8, 4) is 0 Å². The SMILES string of the molecule is CC(C)N1C(=O)C2(CCCC2)C1C(=O)N1CCN(c2ccccc2F)CC1. The smallest absolute Gasteiger partial charge is 0.246 e. The van der Waals surface area contributed by atoms with Crippen LogP contribution in [0.25, 0.3) is 0 Å². The van der Waals surface area contributed by atoms with Crippen LogP contribution in [-0.2, 0) is 9.59 Å². The molecule has 2 saturated heterocycles. The second kappa shape index (κ2) is 6.80. The number of β-lactam (4-membered cyclic amide) rings is 1. The molecule has 2 amide bonds. The van der Waals surface area contributed by atoms with Gasteiger partial charge in [-0.1, -0.05) is 25.0 Å². The Labute approximate surface area is 160 Å². The molecule has 2 aliphatic heterocycles. The lowest BCUT2D eigenvalue weighted by molar-refractivity contribution is -0.185. The molecule has 1 aliphatic carbocycles. The molecule has 27 heavy (non-hydrogen) atoms. The summed E-state index contributed by atoms with van der Waals surface area (Å²) in [5.41, 5.74) is 0.142. The molecule has 0 bridgehead atoms. The number of benzene rings is 1. The lowest BCUT2D eigenvalue weighted by atomic mass is 9.67. The van der Waals surface area contributed by atoms with Gasteiger partial charge in [0.15, 0.2) is 0 Å². The molecular formula is C21H28FN3O2. The van der Waals surface area contributed by atoms with E-state index >= 15 is 0 Å². The van der Waals surface area contributed by atoms with Crippen LogP contribution in [0.4, 0.5) is 10.1 Å². The Hall–Kier alpha value is -2.11. The van der Waals surface area contributed by atoms with Gasteiger partial charge in [0.05, 0.1) is 11.1 Å². The summed E-state index contributed by atoms with van der Waals surface area (Å²) < 4.78 is 14.0. The van der Waals surface area contributed by atoms with Crippen LogP contribution in [0.5, 0.6) is 0 Å². The number of carbonyl (C=O) groups is 2. The highest BCUT2D eigenvalue weighted by Gasteiger charge is 2.65. The third-order valence-corrected chi connectivity index (χ3v) is 6.53. The van der Waals surface area contributed by atoms with Gasteiger partial charge in [0, 0.05) is 32.2 Å². The fourth-order valence-corrected chi connectivity index (χ4v) is 5.12. The Morgan fingerprint density at radius 1 is 1.11 bits per heavy atom. The minimum Gasteiger partial charge on any atom is -0.366 e. The number of piperazine rings is 1. The van der Waals surface area contributed by atoms with Gasteiger partial charge in [-0.05, 0) is 38.8 Å². The maximum Gasteiger partial charge on any atom is 0.246 e. The molecule has 3 fully saturated rings. The summed E-state index contributed by atoms with van der Waals surface area (Å²) in [6.07, 6.45) is 3.73. The normalized spacial score (nSPS) is 24.7. The van der Waals surface area contributed by atoms with Crippen molar-refractivity contribution in [3.63, 3.8) is 0 Å². The lowest BCUT2D eigenvalue weighted by Crippen LogP contribution is -2.74. The highest BCUT2D eigenvalue weighted by Crippen LogP contribution is 2.52. The van der Waals surface area contributed by atoms with E-state index in [0.717, 1.165) is 25.7 Å². The Morgan fingerprint density at radius 3 is 2.33 bits per heavy atom. The topological polar surface area (TPSA) is 43.9 Å². The summed E-state index contributed by atoms with van der Waals surface area (Å²) in [5.74, 6) is 0.0227. The van der Waals surface area contributed by atoms with Crippen LogP contribution in [0.3, 0.4) is 0 Å². The Morgan fingerprint density at radius 2 is 1.74 bits per heavy atom. The van der Waals surface area contributed by atoms with Crippen molar-refractivity contribution in [1.29, 1.82) is 0 Å². The average molecular weight is 373 g/mol. The van der Waals surface area contributed by atoms with Crippen LogP contribution in [0.1, 0.15) is 39.5 Å². The molecule has 0 radical (unpaired) electrons. The number of amides is 2. The number of hydrogen-bond donors (Lipinski definition) is 0. The first kappa shape index (κ1) is 18.3. The van der Waals surface area contributed by atoms with Crippen LogP contribution < -0.4 is 4.90 Å². The zero-order valence-corrected chi connectivity index (χ0v) is 16.2. The quantitative estimate of drug-likeness (QED) is 0.765. The number of rotatable bonds is 3. The first-order chi connectivity index (χ1) is 13.0. The van der Waals surface area contributed by atoms with Crippen LogP contribution >= 0.6 is 0 Å². The van der Waals surface area contributed by atoms with Gasteiger partial charge < -0.3 is 14.7 Å². The van der Waals surface area contributed by atoms with Crippen LogP contribution in [-0.4, -0.2) is 59.9 Å². The van der Waals surface area contributed by atoms with Gasteiger partial charge >= 0.3 is 0 Å². The molecule has 3 aliphatic rings. The molecule has 1 aromatic rings. The third-order valence-electron chi connectivity index (χ3n) is 6.53. The highest BCUT2D eigenvalue weighted by atomic mass is 19.1. The van der Waals surface area contributed by atoms with Gasteiger partial charge in [-0.2, -0.15) is 0 Å². The Balaban J connectivity index is 1.47. The molecule has 1 atom stereocenters. The van der Waals surface area contributed by atoms with Crippen molar-refractivity contribution in [2.45, 2.75) is 51.6 Å². The largest absolute Gasteiger partial charge is 0.366 e. The fourth-order valence-electron chi connectivity index (χ4n) is 5.12. The molecule has 1 saturated carbocycles. The van der Waals surface area contributed by atoms with E-state index in [-0.39, 0.29) is 29.7 Å². The molecule has 5 nitrogen and oxygen atoms in total. The predicted octanol–water partition coefficient (Wildman–Crippen LogP) is 2.65. The predicted molar refractivity (Wildman–Crippen MR) is 102 cm³/mol. The number of hydrogen-bond acceptors (Lipinski definition) is 3. The van der Waals surface area contributed by atoms with E-state index in [1.165, 1.54) is 6.07 Å². The van der Waals surface area contributed by atoms with Crippen molar-refractivity contribution in [3.05, 3.63) is 30.1 Å². The van der Waals surface area contributed by atoms with Gasteiger partial charge in [0.2, 0.25) is 11.8 Å². The average Bonchev–Trinajstić information content (AvgIpc) is 3.18. The van der Waals surface area contributed by atoms with Crippen molar-refractivity contribution >= 4 is 17.5 Å². The molecule has 2 heterocycles. The van der Waals surface area contributed by atoms with Gasteiger partial charge in [0.25, 0.3) is 0 Å². The van der Waals surface area contributed by atoms with Gasteiger partial charge in [-0.25, -0.2) is 4.39 Å². The van der Waals surface area contributed by atoms with E-state index in [1.54, 1.807) is 17.0 Å². The number of halogens is 1. The van der Waals surface area contributed by atoms with E-state index in [2.05, 4.69) is 0 Å². The Kier molecular flexibility index (Phi) is 4.60. The van der Waals surface area contributed by atoms with Gasteiger partial charge in [-0.15, -0.1) is 0 Å². The van der Waals surface area contributed by atoms with Crippen LogP contribution in [0.15, 0.2) is 24.3 Å². The molecule has 1 aromatic carbocycles. The van der Waals surface area contributed by atoms with Crippen molar-refractivity contribution in [2.24, 2.45) is 5.41 Å². The molecule has 146 valence electrons. The maximum absolute atomic E-state index is 14.0. The van der Waals surface area contributed by atoms with E-state index in [0.29, 0.717) is 31.9 Å². The maximum atomic E-state index is 14.0. The zero-order valence-electron chi connectivity index (χ0n) is 16.2. The second-order valence-corrected chi connectivity index (χ2v) is 8.34. The van der Waals surface area contributed by atoms with E-state index < -0.39 is 5.41 Å². The van der Waals surface area contributed by atoms with Crippen molar-refractivity contribution in [1.82, 2.24) is 9.80 Å². The summed E-state index contributed by atoms with van der Waals surface area (Å²) in [6.45, 7) is 6.33. The zero-order chi connectivity index (χ0) is 19.2. The number of nitrogens with zero attached hydrogens (tertiary/aromatic N) is 3. The summed E-state index contributed by atoms with van der Waals surface area (Å²) in [5, 5.41) is 0. The molecular weight excluding hydrogens is 345 g/mol. The standard InChI is InChI=1S/C21H28FN3O2/c1-15(2)25-18(21(20(25)27)9-5-6-10-21)19(26)24-13-11-23(12-14-24)17-8-4-3-7-16(17)22/h3-4,7-8,15,18H,5-6,9-14H2,1-2H3. The number of para-hydroxylation sites is 1. The van der Waals surface area contributed by atoms with Crippen molar-refractivity contribution < 1.29 is 14.0 Å². The van der Waals surface area contributed by atoms with Crippen LogP contribution in [0, 0.1) is 11.2 Å². The minimum atomic E-state index is -0.454. The molecule has 6 heteroatoms. The lowest BCUT2D eigenvalue weighted by Gasteiger charge is -2.56. The van der Waals surface area contributed by atoms with Crippen molar-refractivity contribution in [2.75, 3.05) is 31.1 Å². The minimum absolute atomic E-state index is 0.0392. The third kappa shape index (κ3) is 2.80. The Bertz CT molecular complexity index is 737. The first-order valence-electron chi connectivity index (χ1n) is 10.1. The summed E-state index contributed by atoms with van der Waals surface area (Å²) in [4.78, 5) is 31.8. The van der Waals surface area contributed by atoms with Gasteiger partial charge in [-0.3, -0.25) is 9.59 Å². The number of anilines is 1. The van der Waals surface area contributed by atoms with E-state index in [4.69, 9.17) is 0 Å². The van der Waals surface area contributed by atoms with E-state index in [1.807, 2.05) is 29.7 Å². The van der Waals surface area contributed by atoms with Gasteiger partial charge in [0.1, 0.15) is 11.9 Å². The second-order valence-electron chi connectivity index (χ2n) is 8.34. The molecule has 1 unspecified atom stereocenters. The number of carbonyl (C=O) groups excluding carboxylic acids is 2.